The van der Waals surface area contributed by atoms with Gasteiger partial charge in [0.25, 0.3) is 0 Å². The van der Waals surface area contributed by atoms with E-state index in [1.165, 1.54) is 11.3 Å². The Kier molecular flexibility index (Phi) is 13.7. The van der Waals surface area contributed by atoms with Crippen LogP contribution in [0.15, 0.2) is 4.99 Å². The molecule has 0 fully saturated rings. The number of halogens is 1. The van der Waals surface area contributed by atoms with Gasteiger partial charge < -0.3 is 15.4 Å². The predicted molar refractivity (Wildman–Crippen MR) is 133 cm³/mol. The van der Waals surface area contributed by atoms with Crippen molar-refractivity contribution in [1.29, 1.82) is 0 Å². The van der Waals surface area contributed by atoms with Crippen molar-refractivity contribution >= 4 is 47.2 Å². The minimum absolute atomic E-state index is 0. The quantitative estimate of drug-likeness (QED) is 0.203. The Morgan fingerprint density at radius 2 is 1.83 bits per heavy atom. The number of esters is 1. The van der Waals surface area contributed by atoms with E-state index in [1.54, 1.807) is 6.92 Å². The third-order valence-electron chi connectivity index (χ3n) is 4.30. The van der Waals surface area contributed by atoms with E-state index in [0.29, 0.717) is 35.8 Å². The van der Waals surface area contributed by atoms with E-state index in [9.17, 15) is 4.79 Å². The second-order valence-electron chi connectivity index (χ2n) is 7.24. The first kappa shape index (κ1) is 28.1. The lowest BCUT2D eigenvalue weighted by Crippen LogP contribution is -2.41. The van der Waals surface area contributed by atoms with Crippen molar-refractivity contribution in [2.24, 2.45) is 4.99 Å². The van der Waals surface area contributed by atoms with Gasteiger partial charge in [-0.2, -0.15) is 0 Å². The molecule has 1 heterocycles. The lowest BCUT2D eigenvalue weighted by atomic mass is 10.2. The van der Waals surface area contributed by atoms with Crippen molar-refractivity contribution in [3.63, 3.8) is 0 Å². The Balaban J connectivity index is 0.00000784. The van der Waals surface area contributed by atoms with Gasteiger partial charge in [-0.25, -0.2) is 9.78 Å². The first-order valence-electron chi connectivity index (χ1n) is 10.2. The number of carbonyl (C=O) groups is 1. The minimum Gasteiger partial charge on any atom is -0.462 e. The number of aromatic nitrogens is 1. The highest BCUT2D eigenvalue weighted by Crippen LogP contribution is 2.24. The summed E-state index contributed by atoms with van der Waals surface area (Å²) in [7, 11) is 0. The van der Waals surface area contributed by atoms with Crippen molar-refractivity contribution in [3.8, 4) is 0 Å². The third-order valence-corrected chi connectivity index (χ3v) is 5.62. The zero-order valence-electron chi connectivity index (χ0n) is 19.0. The number of hydrogen-bond acceptors (Lipinski definition) is 6. The third kappa shape index (κ3) is 9.17. The van der Waals surface area contributed by atoms with Gasteiger partial charge in [0.1, 0.15) is 9.88 Å². The Bertz CT molecular complexity index is 641. The molecule has 0 amide bonds. The van der Waals surface area contributed by atoms with E-state index in [4.69, 9.17) is 9.73 Å². The maximum absolute atomic E-state index is 12.0. The lowest BCUT2D eigenvalue weighted by molar-refractivity contribution is 0.0531. The van der Waals surface area contributed by atoms with Crippen molar-refractivity contribution in [1.82, 2.24) is 20.5 Å². The van der Waals surface area contributed by atoms with Crippen LogP contribution in [0.3, 0.4) is 0 Å². The summed E-state index contributed by atoms with van der Waals surface area (Å²) >= 11 is 1.37. The highest BCUT2D eigenvalue weighted by molar-refractivity contribution is 14.0. The molecule has 0 aliphatic rings. The fraction of sp³-hybridized carbons (Fsp3) is 0.750. The van der Waals surface area contributed by atoms with Crippen molar-refractivity contribution < 1.29 is 9.53 Å². The maximum atomic E-state index is 12.0. The minimum atomic E-state index is -0.306. The van der Waals surface area contributed by atoms with Gasteiger partial charge in [-0.05, 0) is 55.4 Å². The van der Waals surface area contributed by atoms with Gasteiger partial charge in [-0.15, -0.1) is 35.3 Å². The largest absolute Gasteiger partial charge is 0.462 e. The van der Waals surface area contributed by atoms with Crippen LogP contribution in [-0.2, 0) is 4.74 Å². The fourth-order valence-electron chi connectivity index (χ4n) is 2.97. The van der Waals surface area contributed by atoms with Crippen LogP contribution in [0.1, 0.15) is 74.9 Å². The van der Waals surface area contributed by atoms with Gasteiger partial charge in [0.15, 0.2) is 5.96 Å². The Labute approximate surface area is 197 Å². The SMILES string of the molecule is CCNC(=NCCN(C(C)C)C(C)C)NC(C)c1nc(C)c(C(=O)OCC)s1.I. The van der Waals surface area contributed by atoms with Crippen molar-refractivity contribution in [2.75, 3.05) is 26.2 Å². The number of nitrogens with zero attached hydrogens (tertiary/aromatic N) is 3. The number of carbonyl (C=O) groups excluding carboxylic acids is 1. The van der Waals surface area contributed by atoms with Gasteiger partial charge in [-0.3, -0.25) is 9.89 Å². The van der Waals surface area contributed by atoms with Crippen molar-refractivity contribution in [3.05, 3.63) is 15.6 Å². The molecule has 9 heteroatoms. The molecule has 1 aromatic heterocycles. The molecule has 1 rings (SSSR count). The average Bonchev–Trinajstić information content (AvgIpc) is 3.00. The fourth-order valence-corrected chi connectivity index (χ4v) is 3.93. The van der Waals surface area contributed by atoms with Crippen LogP contribution in [-0.4, -0.2) is 60.1 Å². The lowest BCUT2D eigenvalue weighted by Gasteiger charge is -2.29. The van der Waals surface area contributed by atoms with E-state index in [2.05, 4.69) is 48.2 Å². The van der Waals surface area contributed by atoms with E-state index in [1.807, 2.05) is 20.8 Å². The zero-order valence-corrected chi connectivity index (χ0v) is 22.2. The summed E-state index contributed by atoms with van der Waals surface area (Å²) in [6, 6.07) is 0.921. The molecule has 29 heavy (non-hydrogen) atoms. The molecule has 0 aliphatic heterocycles. The standard InChI is InChI=1S/C20H37N5O2S.HI/c1-9-21-20(22-11-12-25(13(3)4)14(5)6)24-16(8)18-23-15(7)17(28-18)19(26)27-10-2;/h13-14,16H,9-12H2,1-8H3,(H2,21,22,24);1H. The molecule has 0 radical (unpaired) electrons. The molecule has 0 saturated carbocycles. The van der Waals surface area contributed by atoms with Crippen molar-refractivity contribution in [2.45, 2.75) is 73.5 Å². The van der Waals surface area contributed by atoms with Gasteiger partial charge in [-0.1, -0.05) is 0 Å². The average molecular weight is 540 g/mol. The summed E-state index contributed by atoms with van der Waals surface area (Å²) in [4.78, 5) is 24.3. The van der Waals surface area contributed by atoms with Crippen LogP contribution in [0.25, 0.3) is 0 Å². The molecular weight excluding hydrogens is 501 g/mol. The number of thiazole rings is 1. The number of nitrogens with one attached hydrogen (secondary N) is 2. The molecule has 1 unspecified atom stereocenters. The number of aliphatic imine (C=N–C) groups is 1. The van der Waals surface area contributed by atoms with Crippen LogP contribution in [0.2, 0.25) is 0 Å². The summed E-state index contributed by atoms with van der Waals surface area (Å²) in [5.74, 6) is 0.451. The molecule has 0 saturated heterocycles. The highest BCUT2D eigenvalue weighted by Gasteiger charge is 2.20. The van der Waals surface area contributed by atoms with E-state index >= 15 is 0 Å². The monoisotopic (exact) mass is 539 g/mol. The van der Waals surface area contributed by atoms with Crippen LogP contribution in [0.5, 0.6) is 0 Å². The number of guanidine groups is 1. The van der Waals surface area contributed by atoms with Gasteiger partial charge >= 0.3 is 5.97 Å². The van der Waals surface area contributed by atoms with Crippen LogP contribution < -0.4 is 10.6 Å². The van der Waals surface area contributed by atoms with Gasteiger partial charge in [0.2, 0.25) is 0 Å². The first-order valence-corrected chi connectivity index (χ1v) is 11.0. The van der Waals surface area contributed by atoms with Crippen LogP contribution >= 0.6 is 35.3 Å². The Hall–Kier alpha value is -0.940. The summed E-state index contributed by atoms with van der Waals surface area (Å²) < 4.78 is 5.11. The second kappa shape index (κ2) is 14.1. The molecule has 1 aromatic rings. The molecule has 0 aliphatic carbocycles. The highest BCUT2D eigenvalue weighted by atomic mass is 127. The summed E-state index contributed by atoms with van der Waals surface area (Å²) in [6.45, 7) is 19.3. The normalized spacial score (nSPS) is 12.9. The Morgan fingerprint density at radius 1 is 1.21 bits per heavy atom. The maximum Gasteiger partial charge on any atom is 0.350 e. The molecule has 0 aromatic carbocycles. The summed E-state index contributed by atoms with van der Waals surface area (Å²) in [6.07, 6.45) is 0. The Morgan fingerprint density at radius 3 is 2.34 bits per heavy atom. The smallest absolute Gasteiger partial charge is 0.350 e. The van der Waals surface area contributed by atoms with Crippen LogP contribution in [0.4, 0.5) is 0 Å². The number of hydrogen-bond donors (Lipinski definition) is 2. The van der Waals surface area contributed by atoms with Gasteiger partial charge in [0, 0.05) is 25.2 Å². The van der Waals surface area contributed by atoms with Gasteiger partial charge in [0.05, 0.1) is 24.9 Å². The number of rotatable bonds is 10. The molecule has 168 valence electrons. The van der Waals surface area contributed by atoms with Crippen LogP contribution in [0, 0.1) is 6.92 Å². The van der Waals surface area contributed by atoms with E-state index in [-0.39, 0.29) is 36.0 Å². The van der Waals surface area contributed by atoms with E-state index in [0.717, 1.165) is 24.1 Å². The predicted octanol–water partition coefficient (Wildman–Crippen LogP) is 3.98. The first-order chi connectivity index (χ1) is 13.2. The molecular formula is C20H38IN5O2S. The summed E-state index contributed by atoms with van der Waals surface area (Å²) in [5, 5.41) is 7.52. The zero-order chi connectivity index (χ0) is 21.3. The second-order valence-corrected chi connectivity index (χ2v) is 8.27. The molecule has 1 atom stereocenters. The number of ether oxygens (including phenoxy) is 1. The molecule has 0 spiro atoms. The van der Waals surface area contributed by atoms with E-state index < -0.39 is 0 Å². The number of aryl methyl sites for hydroxylation is 1. The summed E-state index contributed by atoms with van der Waals surface area (Å²) in [5.41, 5.74) is 0.707. The molecule has 7 nitrogen and oxygen atoms in total. The molecule has 2 N–H and O–H groups in total. The molecule has 0 bridgehead atoms. The topological polar surface area (TPSA) is 78.9 Å².